The molecule has 0 bridgehead atoms. The highest BCUT2D eigenvalue weighted by Crippen LogP contribution is 2.22. The van der Waals surface area contributed by atoms with Gasteiger partial charge in [0.25, 0.3) is 5.91 Å². The van der Waals surface area contributed by atoms with E-state index in [0.717, 1.165) is 10.0 Å². The fourth-order valence-corrected chi connectivity index (χ4v) is 2.93. The summed E-state index contributed by atoms with van der Waals surface area (Å²) in [6.45, 7) is 5.15. The molecule has 3 aromatic rings. The van der Waals surface area contributed by atoms with Crippen molar-refractivity contribution >= 4 is 27.7 Å². The van der Waals surface area contributed by atoms with Gasteiger partial charge in [-0.25, -0.2) is 0 Å². The van der Waals surface area contributed by atoms with Crippen molar-refractivity contribution in [3.63, 3.8) is 0 Å². The molecule has 0 unspecified atom stereocenters. The SMILES string of the molecule is CCOc1cccc(C(=O)Nc2nn(Cc3ccc(C)cc3)cc2Br)c1. The second kappa shape index (κ2) is 8.19. The van der Waals surface area contributed by atoms with E-state index in [0.29, 0.717) is 30.3 Å². The topological polar surface area (TPSA) is 56.1 Å². The van der Waals surface area contributed by atoms with Crippen molar-refractivity contribution < 1.29 is 9.53 Å². The predicted octanol–water partition coefficient (Wildman–Crippen LogP) is 4.65. The predicted molar refractivity (Wildman–Crippen MR) is 106 cm³/mol. The molecule has 0 aliphatic rings. The van der Waals surface area contributed by atoms with Gasteiger partial charge in [0, 0.05) is 11.8 Å². The van der Waals surface area contributed by atoms with Crippen LogP contribution in [0, 0.1) is 6.92 Å². The third kappa shape index (κ3) is 4.52. The van der Waals surface area contributed by atoms with Crippen LogP contribution in [0.3, 0.4) is 0 Å². The monoisotopic (exact) mass is 413 g/mol. The molecule has 1 heterocycles. The Morgan fingerprint density at radius 3 is 2.73 bits per heavy atom. The fraction of sp³-hybridized carbons (Fsp3) is 0.200. The van der Waals surface area contributed by atoms with Gasteiger partial charge in [0.05, 0.1) is 17.6 Å². The van der Waals surface area contributed by atoms with E-state index in [4.69, 9.17) is 4.74 Å². The van der Waals surface area contributed by atoms with Crippen LogP contribution in [0.4, 0.5) is 5.82 Å². The van der Waals surface area contributed by atoms with Crippen molar-refractivity contribution in [1.29, 1.82) is 0 Å². The molecular weight excluding hydrogens is 394 g/mol. The highest BCUT2D eigenvalue weighted by Gasteiger charge is 2.13. The molecule has 0 saturated carbocycles. The first-order valence-corrected chi connectivity index (χ1v) is 9.17. The van der Waals surface area contributed by atoms with Crippen LogP contribution in [0.5, 0.6) is 5.75 Å². The standard InChI is InChI=1S/C20H20BrN3O2/c1-3-26-17-6-4-5-16(11-17)20(25)22-19-18(21)13-24(23-19)12-15-9-7-14(2)8-10-15/h4-11,13H,3,12H2,1-2H3,(H,22,23,25). The summed E-state index contributed by atoms with van der Waals surface area (Å²) in [6.07, 6.45) is 1.85. The summed E-state index contributed by atoms with van der Waals surface area (Å²) < 4.78 is 7.97. The van der Waals surface area contributed by atoms with E-state index in [-0.39, 0.29) is 5.91 Å². The molecule has 26 heavy (non-hydrogen) atoms. The number of amides is 1. The second-order valence-corrected chi connectivity index (χ2v) is 6.78. The molecule has 0 spiro atoms. The quantitative estimate of drug-likeness (QED) is 0.639. The van der Waals surface area contributed by atoms with Crippen molar-refractivity contribution in [1.82, 2.24) is 9.78 Å². The first-order chi connectivity index (χ1) is 12.5. The number of ether oxygens (including phenoxy) is 1. The number of nitrogens with one attached hydrogen (secondary N) is 1. The number of benzene rings is 2. The smallest absolute Gasteiger partial charge is 0.257 e. The van der Waals surface area contributed by atoms with Crippen LogP contribution in [-0.4, -0.2) is 22.3 Å². The van der Waals surface area contributed by atoms with Crippen LogP contribution in [0.1, 0.15) is 28.4 Å². The van der Waals surface area contributed by atoms with E-state index in [1.54, 1.807) is 22.9 Å². The maximum atomic E-state index is 12.5. The average molecular weight is 414 g/mol. The minimum absolute atomic E-state index is 0.229. The number of anilines is 1. The van der Waals surface area contributed by atoms with Crippen LogP contribution >= 0.6 is 15.9 Å². The Morgan fingerprint density at radius 2 is 2.00 bits per heavy atom. The molecule has 2 aromatic carbocycles. The molecular formula is C20H20BrN3O2. The number of nitrogens with zero attached hydrogens (tertiary/aromatic N) is 2. The Bertz CT molecular complexity index is 904. The van der Waals surface area contributed by atoms with E-state index < -0.39 is 0 Å². The molecule has 1 aromatic heterocycles. The van der Waals surface area contributed by atoms with Crippen molar-refractivity contribution in [3.8, 4) is 5.75 Å². The average Bonchev–Trinajstić information content (AvgIpc) is 2.96. The number of hydrogen-bond donors (Lipinski definition) is 1. The molecule has 3 rings (SSSR count). The fourth-order valence-electron chi connectivity index (χ4n) is 2.52. The summed E-state index contributed by atoms with van der Waals surface area (Å²) >= 11 is 3.46. The summed E-state index contributed by atoms with van der Waals surface area (Å²) in [6, 6.07) is 15.4. The second-order valence-electron chi connectivity index (χ2n) is 5.92. The normalized spacial score (nSPS) is 10.6. The number of aryl methyl sites for hydroxylation is 1. The zero-order valence-corrected chi connectivity index (χ0v) is 16.3. The van der Waals surface area contributed by atoms with E-state index in [2.05, 4.69) is 57.5 Å². The molecule has 134 valence electrons. The Balaban J connectivity index is 1.72. The van der Waals surface area contributed by atoms with Gasteiger partial charge < -0.3 is 10.1 Å². The van der Waals surface area contributed by atoms with Crippen LogP contribution in [0.25, 0.3) is 0 Å². The van der Waals surface area contributed by atoms with Gasteiger partial charge in [-0.05, 0) is 53.5 Å². The summed E-state index contributed by atoms with van der Waals surface area (Å²) in [5.41, 5.74) is 2.89. The molecule has 0 saturated heterocycles. The van der Waals surface area contributed by atoms with Crippen molar-refractivity contribution in [2.75, 3.05) is 11.9 Å². The van der Waals surface area contributed by atoms with Gasteiger partial charge in [0.2, 0.25) is 0 Å². The van der Waals surface area contributed by atoms with Gasteiger partial charge in [0.15, 0.2) is 5.82 Å². The van der Waals surface area contributed by atoms with Gasteiger partial charge in [0.1, 0.15) is 5.75 Å². The lowest BCUT2D eigenvalue weighted by Gasteiger charge is -2.06. The van der Waals surface area contributed by atoms with Crippen molar-refractivity contribution in [3.05, 3.63) is 75.9 Å². The Labute approximate surface area is 161 Å². The van der Waals surface area contributed by atoms with Gasteiger partial charge in [-0.3, -0.25) is 9.48 Å². The van der Waals surface area contributed by atoms with Gasteiger partial charge in [-0.2, -0.15) is 5.10 Å². The summed E-state index contributed by atoms with van der Waals surface area (Å²) in [7, 11) is 0. The third-order valence-electron chi connectivity index (χ3n) is 3.82. The van der Waals surface area contributed by atoms with Crippen LogP contribution in [0.15, 0.2) is 59.2 Å². The minimum Gasteiger partial charge on any atom is -0.494 e. The van der Waals surface area contributed by atoms with Crippen LogP contribution in [-0.2, 0) is 6.54 Å². The molecule has 1 N–H and O–H groups in total. The van der Waals surface area contributed by atoms with Gasteiger partial charge >= 0.3 is 0 Å². The largest absolute Gasteiger partial charge is 0.494 e. The van der Waals surface area contributed by atoms with E-state index >= 15 is 0 Å². The van der Waals surface area contributed by atoms with E-state index in [1.165, 1.54) is 5.56 Å². The maximum Gasteiger partial charge on any atom is 0.257 e. The summed E-state index contributed by atoms with van der Waals surface area (Å²) in [5.74, 6) is 0.931. The molecule has 0 aliphatic carbocycles. The van der Waals surface area contributed by atoms with E-state index in [1.807, 2.05) is 19.2 Å². The molecule has 1 amide bonds. The number of halogens is 1. The lowest BCUT2D eigenvalue weighted by Crippen LogP contribution is -2.13. The Kier molecular flexibility index (Phi) is 5.73. The molecule has 0 atom stereocenters. The number of rotatable bonds is 6. The number of carbonyl (C=O) groups excluding carboxylic acids is 1. The van der Waals surface area contributed by atoms with Crippen LogP contribution in [0.2, 0.25) is 0 Å². The first-order valence-electron chi connectivity index (χ1n) is 8.38. The zero-order valence-electron chi connectivity index (χ0n) is 14.7. The Hall–Kier alpha value is -2.60. The van der Waals surface area contributed by atoms with Gasteiger partial charge in [-0.15, -0.1) is 0 Å². The Morgan fingerprint density at radius 1 is 1.23 bits per heavy atom. The summed E-state index contributed by atoms with van der Waals surface area (Å²) in [5, 5.41) is 7.30. The number of hydrogen-bond acceptors (Lipinski definition) is 3. The minimum atomic E-state index is -0.229. The molecule has 0 fully saturated rings. The van der Waals surface area contributed by atoms with E-state index in [9.17, 15) is 4.79 Å². The van der Waals surface area contributed by atoms with Crippen LogP contribution < -0.4 is 10.1 Å². The van der Waals surface area contributed by atoms with Crippen molar-refractivity contribution in [2.24, 2.45) is 0 Å². The third-order valence-corrected chi connectivity index (χ3v) is 4.40. The highest BCUT2D eigenvalue weighted by atomic mass is 79.9. The molecule has 6 heteroatoms. The van der Waals surface area contributed by atoms with Gasteiger partial charge in [-0.1, -0.05) is 35.9 Å². The molecule has 5 nitrogen and oxygen atoms in total. The lowest BCUT2D eigenvalue weighted by molar-refractivity contribution is 0.102. The molecule has 0 radical (unpaired) electrons. The highest BCUT2D eigenvalue weighted by molar-refractivity contribution is 9.10. The number of aromatic nitrogens is 2. The maximum absolute atomic E-state index is 12.5. The zero-order chi connectivity index (χ0) is 18.5. The number of carbonyl (C=O) groups is 1. The van der Waals surface area contributed by atoms with Crippen molar-refractivity contribution in [2.45, 2.75) is 20.4 Å². The molecule has 0 aliphatic heterocycles. The lowest BCUT2D eigenvalue weighted by atomic mass is 10.1. The summed E-state index contributed by atoms with van der Waals surface area (Å²) in [4.78, 5) is 12.5. The first kappa shape index (κ1) is 18.2.